The fraction of sp³-hybridized carbons (Fsp3) is 0.364. The summed E-state index contributed by atoms with van der Waals surface area (Å²) in [6.45, 7) is 4.88. The van der Waals surface area contributed by atoms with Gasteiger partial charge in [-0.25, -0.2) is 14.6 Å². The molecule has 0 saturated carbocycles. The number of carboxylic acids is 1. The first kappa shape index (κ1) is 15.3. The average molecular weight is 283 g/mol. The second-order valence-electron chi connectivity index (χ2n) is 4.78. The predicted molar refractivity (Wildman–Crippen MR) is 67.7 cm³/mol. The lowest BCUT2D eigenvalue weighted by atomic mass is 10.2. The lowest BCUT2D eigenvalue weighted by molar-refractivity contribution is -0.384. The second kappa shape index (κ2) is 5.51. The number of aromatic nitrogens is 1. The van der Waals surface area contributed by atoms with E-state index in [9.17, 15) is 19.7 Å². The SMILES string of the molecule is CC(C)(C)OC(=O)Nc1ncc(C(=O)O)cc1[N+](=O)[O-]. The minimum Gasteiger partial charge on any atom is -0.478 e. The van der Waals surface area contributed by atoms with Crippen molar-refractivity contribution in [2.24, 2.45) is 0 Å². The number of carbonyl (C=O) groups is 2. The first-order valence-corrected chi connectivity index (χ1v) is 5.48. The van der Waals surface area contributed by atoms with E-state index in [0.717, 1.165) is 12.3 Å². The lowest BCUT2D eigenvalue weighted by Gasteiger charge is -2.19. The van der Waals surface area contributed by atoms with Crippen LogP contribution in [0.2, 0.25) is 0 Å². The molecular weight excluding hydrogens is 270 g/mol. The normalized spacial score (nSPS) is 10.8. The van der Waals surface area contributed by atoms with E-state index < -0.39 is 28.3 Å². The Labute approximate surface area is 113 Å². The second-order valence-corrected chi connectivity index (χ2v) is 4.78. The Morgan fingerprint density at radius 3 is 2.50 bits per heavy atom. The third-order valence-corrected chi connectivity index (χ3v) is 1.93. The van der Waals surface area contributed by atoms with Crippen molar-refractivity contribution in [3.8, 4) is 0 Å². The Morgan fingerprint density at radius 1 is 1.45 bits per heavy atom. The van der Waals surface area contributed by atoms with Crippen LogP contribution in [0.5, 0.6) is 0 Å². The molecule has 0 fully saturated rings. The summed E-state index contributed by atoms with van der Waals surface area (Å²) in [7, 11) is 0. The van der Waals surface area contributed by atoms with Gasteiger partial charge in [-0.1, -0.05) is 0 Å². The van der Waals surface area contributed by atoms with Gasteiger partial charge in [0.1, 0.15) is 5.60 Å². The zero-order chi connectivity index (χ0) is 15.5. The van der Waals surface area contributed by atoms with Crippen LogP contribution in [0.15, 0.2) is 12.3 Å². The number of hydrogen-bond donors (Lipinski definition) is 2. The van der Waals surface area contributed by atoms with Crippen molar-refractivity contribution in [3.05, 3.63) is 27.9 Å². The number of pyridine rings is 1. The molecule has 1 amide bonds. The van der Waals surface area contributed by atoms with E-state index in [1.165, 1.54) is 0 Å². The zero-order valence-electron chi connectivity index (χ0n) is 11.0. The van der Waals surface area contributed by atoms with Crippen LogP contribution in [0.25, 0.3) is 0 Å². The number of ether oxygens (including phenoxy) is 1. The fourth-order valence-electron chi connectivity index (χ4n) is 1.21. The molecule has 1 aromatic heterocycles. The van der Waals surface area contributed by atoms with E-state index in [1.807, 2.05) is 0 Å². The number of carboxylic acid groups (broad SMARTS) is 1. The first-order chi connectivity index (χ1) is 9.10. The summed E-state index contributed by atoms with van der Waals surface area (Å²) < 4.78 is 4.93. The number of rotatable bonds is 3. The molecule has 108 valence electrons. The van der Waals surface area contributed by atoms with Gasteiger partial charge in [-0.2, -0.15) is 0 Å². The van der Waals surface area contributed by atoms with Crippen molar-refractivity contribution >= 4 is 23.6 Å². The molecule has 9 nitrogen and oxygen atoms in total. The van der Waals surface area contributed by atoms with E-state index in [4.69, 9.17) is 9.84 Å². The van der Waals surface area contributed by atoms with Crippen LogP contribution in [0.3, 0.4) is 0 Å². The number of nitrogens with zero attached hydrogens (tertiary/aromatic N) is 2. The maximum atomic E-state index is 11.5. The van der Waals surface area contributed by atoms with E-state index in [-0.39, 0.29) is 11.4 Å². The third-order valence-electron chi connectivity index (χ3n) is 1.93. The Bertz CT molecular complexity index is 564. The topological polar surface area (TPSA) is 132 Å². The number of hydrogen-bond acceptors (Lipinski definition) is 6. The maximum Gasteiger partial charge on any atom is 0.413 e. The molecule has 0 unspecified atom stereocenters. The highest BCUT2D eigenvalue weighted by Crippen LogP contribution is 2.23. The summed E-state index contributed by atoms with van der Waals surface area (Å²) in [5, 5.41) is 21.7. The van der Waals surface area contributed by atoms with Gasteiger partial charge in [0.2, 0.25) is 5.82 Å². The van der Waals surface area contributed by atoms with E-state index >= 15 is 0 Å². The van der Waals surface area contributed by atoms with Crippen LogP contribution in [-0.2, 0) is 4.74 Å². The number of carbonyl (C=O) groups excluding carboxylic acids is 1. The van der Waals surface area contributed by atoms with Gasteiger partial charge in [0, 0.05) is 12.3 Å². The number of nitrogens with one attached hydrogen (secondary N) is 1. The molecule has 1 aromatic rings. The molecule has 0 radical (unpaired) electrons. The quantitative estimate of drug-likeness (QED) is 0.640. The number of amides is 1. The Balaban J connectivity index is 3.03. The summed E-state index contributed by atoms with van der Waals surface area (Å²) >= 11 is 0. The zero-order valence-corrected chi connectivity index (χ0v) is 11.0. The minimum absolute atomic E-state index is 0.355. The van der Waals surface area contributed by atoms with Crippen molar-refractivity contribution in [2.45, 2.75) is 26.4 Å². The standard InChI is InChI=1S/C11H13N3O6/c1-11(2,3)20-10(17)13-8-7(14(18)19)4-6(5-12-8)9(15)16/h4-5H,1-3H3,(H,15,16)(H,12,13,17). The highest BCUT2D eigenvalue weighted by molar-refractivity contribution is 5.91. The average Bonchev–Trinajstić information content (AvgIpc) is 2.25. The van der Waals surface area contributed by atoms with Gasteiger partial charge < -0.3 is 9.84 Å². The smallest absolute Gasteiger partial charge is 0.413 e. The van der Waals surface area contributed by atoms with E-state index in [2.05, 4.69) is 10.3 Å². The van der Waals surface area contributed by atoms with Crippen LogP contribution in [0.4, 0.5) is 16.3 Å². The van der Waals surface area contributed by atoms with Crippen molar-refractivity contribution in [3.63, 3.8) is 0 Å². The largest absolute Gasteiger partial charge is 0.478 e. The summed E-state index contributed by atoms with van der Waals surface area (Å²) in [6, 6.07) is 0.808. The molecule has 0 atom stereocenters. The molecule has 0 aliphatic rings. The van der Waals surface area contributed by atoms with Crippen LogP contribution in [0.1, 0.15) is 31.1 Å². The first-order valence-electron chi connectivity index (χ1n) is 5.48. The molecule has 0 spiro atoms. The van der Waals surface area contributed by atoms with E-state index in [0.29, 0.717) is 0 Å². The van der Waals surface area contributed by atoms with Crippen LogP contribution in [-0.4, -0.2) is 32.7 Å². The van der Waals surface area contributed by atoms with Crippen LogP contribution in [0, 0.1) is 10.1 Å². The van der Waals surface area contributed by atoms with Gasteiger partial charge in [-0.15, -0.1) is 0 Å². The highest BCUT2D eigenvalue weighted by atomic mass is 16.6. The molecule has 1 rings (SSSR count). The van der Waals surface area contributed by atoms with Gasteiger partial charge in [-0.05, 0) is 20.8 Å². The molecule has 0 bridgehead atoms. The summed E-state index contributed by atoms with van der Waals surface area (Å²) in [5.74, 6) is -1.74. The van der Waals surface area contributed by atoms with E-state index in [1.54, 1.807) is 20.8 Å². The minimum atomic E-state index is -1.36. The third kappa shape index (κ3) is 4.19. The number of anilines is 1. The van der Waals surface area contributed by atoms with Gasteiger partial charge in [0.25, 0.3) is 0 Å². The maximum absolute atomic E-state index is 11.5. The molecule has 0 aliphatic carbocycles. The van der Waals surface area contributed by atoms with Crippen molar-refractivity contribution < 1.29 is 24.4 Å². The molecule has 0 saturated heterocycles. The number of aromatic carboxylic acids is 1. The molecular formula is C11H13N3O6. The molecule has 20 heavy (non-hydrogen) atoms. The molecule has 0 aromatic carbocycles. The van der Waals surface area contributed by atoms with Crippen LogP contribution < -0.4 is 5.32 Å². The van der Waals surface area contributed by atoms with Gasteiger partial charge in [0.05, 0.1) is 10.5 Å². The monoisotopic (exact) mass is 283 g/mol. The number of nitro groups is 1. The summed E-state index contributed by atoms with van der Waals surface area (Å²) in [4.78, 5) is 35.8. The Morgan fingerprint density at radius 2 is 2.05 bits per heavy atom. The highest BCUT2D eigenvalue weighted by Gasteiger charge is 2.23. The van der Waals surface area contributed by atoms with Crippen LogP contribution >= 0.6 is 0 Å². The van der Waals surface area contributed by atoms with Gasteiger partial charge in [0.15, 0.2) is 0 Å². The summed E-state index contributed by atoms with van der Waals surface area (Å²) in [5.41, 5.74) is -1.76. The molecule has 0 aliphatic heterocycles. The van der Waals surface area contributed by atoms with Gasteiger partial charge in [-0.3, -0.25) is 15.4 Å². The lowest BCUT2D eigenvalue weighted by Crippen LogP contribution is -2.27. The van der Waals surface area contributed by atoms with Crippen molar-refractivity contribution in [1.29, 1.82) is 0 Å². The molecule has 1 heterocycles. The Kier molecular flexibility index (Phi) is 4.23. The molecule has 9 heteroatoms. The molecule has 2 N–H and O–H groups in total. The van der Waals surface area contributed by atoms with Gasteiger partial charge >= 0.3 is 17.7 Å². The fourth-order valence-corrected chi connectivity index (χ4v) is 1.21. The Hall–Kier alpha value is -2.71. The van der Waals surface area contributed by atoms with Crippen molar-refractivity contribution in [1.82, 2.24) is 4.98 Å². The predicted octanol–water partition coefficient (Wildman–Crippen LogP) is 2.04. The summed E-state index contributed by atoms with van der Waals surface area (Å²) in [6.07, 6.45) is -0.0154. The van der Waals surface area contributed by atoms with Crippen molar-refractivity contribution in [2.75, 3.05) is 5.32 Å².